The average molecular weight is 223 g/mol. The summed E-state index contributed by atoms with van der Waals surface area (Å²) >= 11 is 0. The normalized spacial score (nSPS) is 13.9. The van der Waals surface area contributed by atoms with Gasteiger partial charge in [-0.25, -0.2) is 4.79 Å². The molecule has 0 aliphatic heterocycles. The van der Waals surface area contributed by atoms with Crippen LogP contribution in [0.15, 0.2) is 30.3 Å². The number of aliphatic hydroxyl groups is 1. The van der Waals surface area contributed by atoms with Crippen LogP contribution >= 0.6 is 0 Å². The van der Waals surface area contributed by atoms with Gasteiger partial charge in [-0.3, -0.25) is 4.79 Å². The van der Waals surface area contributed by atoms with E-state index < -0.39 is 24.0 Å². The van der Waals surface area contributed by atoms with Crippen molar-refractivity contribution in [2.75, 3.05) is 0 Å². The maximum Gasteiger partial charge on any atom is 0.335 e. The minimum Gasteiger partial charge on any atom is -0.479 e. The number of carboxylic acid groups (broad SMARTS) is 1. The number of hydrogen-bond acceptors (Lipinski definition) is 3. The first-order chi connectivity index (χ1) is 7.52. The van der Waals surface area contributed by atoms with Crippen LogP contribution in [0.3, 0.4) is 0 Å². The van der Waals surface area contributed by atoms with Gasteiger partial charge in [0, 0.05) is 6.92 Å². The lowest BCUT2D eigenvalue weighted by Crippen LogP contribution is -2.39. The summed E-state index contributed by atoms with van der Waals surface area (Å²) < 4.78 is 0. The Labute approximate surface area is 92.7 Å². The molecule has 2 atom stereocenters. The Morgan fingerprint density at radius 3 is 2.25 bits per heavy atom. The van der Waals surface area contributed by atoms with E-state index >= 15 is 0 Å². The molecule has 0 aromatic heterocycles. The first-order valence-corrected chi connectivity index (χ1v) is 4.75. The number of aliphatic hydroxyl groups excluding tert-OH is 1. The van der Waals surface area contributed by atoms with Crippen LogP contribution in [-0.4, -0.2) is 28.2 Å². The molecule has 1 aromatic carbocycles. The number of rotatable bonds is 4. The number of carboxylic acids is 1. The van der Waals surface area contributed by atoms with Gasteiger partial charge in [0.25, 0.3) is 0 Å². The van der Waals surface area contributed by atoms with Gasteiger partial charge in [0.1, 0.15) is 0 Å². The van der Waals surface area contributed by atoms with Crippen molar-refractivity contribution in [1.82, 2.24) is 5.32 Å². The fourth-order valence-corrected chi connectivity index (χ4v) is 1.37. The van der Waals surface area contributed by atoms with E-state index in [2.05, 4.69) is 5.32 Å². The lowest BCUT2D eigenvalue weighted by Gasteiger charge is -2.20. The molecule has 0 unspecified atom stereocenters. The summed E-state index contributed by atoms with van der Waals surface area (Å²) in [6.07, 6.45) is -1.66. The molecule has 0 saturated heterocycles. The predicted molar refractivity (Wildman–Crippen MR) is 56.6 cm³/mol. The van der Waals surface area contributed by atoms with E-state index in [1.807, 2.05) is 0 Å². The summed E-state index contributed by atoms with van der Waals surface area (Å²) in [7, 11) is 0. The maximum absolute atomic E-state index is 10.9. The molecule has 0 saturated carbocycles. The largest absolute Gasteiger partial charge is 0.479 e. The Bertz CT molecular complexity index is 377. The van der Waals surface area contributed by atoms with Crippen LogP contribution in [0.2, 0.25) is 0 Å². The van der Waals surface area contributed by atoms with E-state index in [0.717, 1.165) is 0 Å². The highest BCUT2D eigenvalue weighted by atomic mass is 16.4. The maximum atomic E-state index is 10.9. The first kappa shape index (κ1) is 12.2. The summed E-state index contributed by atoms with van der Waals surface area (Å²) in [6, 6.07) is 7.54. The van der Waals surface area contributed by atoms with E-state index in [9.17, 15) is 14.7 Å². The van der Waals surface area contributed by atoms with Crippen molar-refractivity contribution in [1.29, 1.82) is 0 Å². The molecule has 0 aliphatic carbocycles. The Balaban J connectivity index is 2.96. The molecule has 3 N–H and O–H groups in total. The van der Waals surface area contributed by atoms with Crippen molar-refractivity contribution in [2.24, 2.45) is 0 Å². The third-order valence-corrected chi connectivity index (χ3v) is 2.09. The molecule has 5 nitrogen and oxygen atoms in total. The monoisotopic (exact) mass is 223 g/mol. The van der Waals surface area contributed by atoms with Crippen LogP contribution in [0.1, 0.15) is 18.5 Å². The van der Waals surface area contributed by atoms with Crippen molar-refractivity contribution in [3.8, 4) is 0 Å². The molecular formula is C11H13NO4. The minimum atomic E-state index is -1.66. The van der Waals surface area contributed by atoms with Gasteiger partial charge in [0.05, 0.1) is 6.04 Å². The van der Waals surface area contributed by atoms with Crippen LogP contribution in [0.25, 0.3) is 0 Å². The highest BCUT2D eigenvalue weighted by molar-refractivity contribution is 5.77. The Hall–Kier alpha value is -1.88. The smallest absolute Gasteiger partial charge is 0.335 e. The van der Waals surface area contributed by atoms with Gasteiger partial charge >= 0.3 is 5.97 Å². The summed E-state index contributed by atoms with van der Waals surface area (Å²) in [5, 5.41) is 20.6. The molecule has 1 rings (SSSR count). The van der Waals surface area contributed by atoms with Crippen molar-refractivity contribution in [2.45, 2.75) is 19.1 Å². The number of nitrogens with one attached hydrogen (secondary N) is 1. The van der Waals surface area contributed by atoms with Crippen LogP contribution in [0.5, 0.6) is 0 Å². The van der Waals surface area contributed by atoms with Gasteiger partial charge < -0.3 is 15.5 Å². The quantitative estimate of drug-likeness (QED) is 0.685. The molecule has 0 spiro atoms. The highest BCUT2D eigenvalue weighted by Crippen LogP contribution is 2.16. The third kappa shape index (κ3) is 3.06. The number of amides is 1. The zero-order valence-corrected chi connectivity index (χ0v) is 8.75. The average Bonchev–Trinajstić information content (AvgIpc) is 2.26. The van der Waals surface area contributed by atoms with Gasteiger partial charge in [-0.2, -0.15) is 0 Å². The van der Waals surface area contributed by atoms with E-state index in [4.69, 9.17) is 5.11 Å². The first-order valence-electron chi connectivity index (χ1n) is 4.75. The van der Waals surface area contributed by atoms with Gasteiger partial charge in [0.2, 0.25) is 5.91 Å². The predicted octanol–water partition coefficient (Wildman–Crippen LogP) is 0.309. The lowest BCUT2D eigenvalue weighted by atomic mass is 10.0. The number of carbonyl (C=O) groups excluding carboxylic acids is 1. The van der Waals surface area contributed by atoms with Gasteiger partial charge in [0.15, 0.2) is 6.10 Å². The van der Waals surface area contributed by atoms with Crippen molar-refractivity contribution in [3.05, 3.63) is 35.9 Å². The van der Waals surface area contributed by atoms with Crippen molar-refractivity contribution >= 4 is 11.9 Å². The van der Waals surface area contributed by atoms with E-state index in [1.54, 1.807) is 30.3 Å². The van der Waals surface area contributed by atoms with Gasteiger partial charge in [-0.05, 0) is 5.56 Å². The number of aliphatic carboxylic acids is 1. The fraction of sp³-hybridized carbons (Fsp3) is 0.273. The molecule has 0 radical (unpaired) electrons. The van der Waals surface area contributed by atoms with E-state index in [0.29, 0.717) is 5.56 Å². The highest BCUT2D eigenvalue weighted by Gasteiger charge is 2.27. The molecule has 0 aliphatic rings. The summed E-state index contributed by atoms with van der Waals surface area (Å²) in [4.78, 5) is 21.6. The van der Waals surface area contributed by atoms with E-state index in [-0.39, 0.29) is 0 Å². The Morgan fingerprint density at radius 1 is 1.25 bits per heavy atom. The lowest BCUT2D eigenvalue weighted by molar-refractivity contribution is -0.148. The molecule has 0 fully saturated rings. The second kappa shape index (κ2) is 5.27. The molecule has 5 heteroatoms. The van der Waals surface area contributed by atoms with Crippen molar-refractivity contribution < 1.29 is 19.8 Å². The van der Waals surface area contributed by atoms with Crippen LogP contribution in [0.4, 0.5) is 0 Å². The second-order valence-electron chi connectivity index (χ2n) is 3.37. The zero-order valence-electron chi connectivity index (χ0n) is 8.75. The Morgan fingerprint density at radius 2 is 1.81 bits per heavy atom. The molecule has 16 heavy (non-hydrogen) atoms. The van der Waals surface area contributed by atoms with Crippen LogP contribution in [0, 0.1) is 0 Å². The van der Waals surface area contributed by atoms with E-state index in [1.165, 1.54) is 6.92 Å². The third-order valence-electron chi connectivity index (χ3n) is 2.09. The standard InChI is InChI=1S/C11H13NO4/c1-7(13)12-9(10(14)11(15)16)8-5-3-2-4-6-8/h2-6,9-10,14H,1H3,(H,12,13)(H,15,16)/t9-,10+/m1/s1. The summed E-state index contributed by atoms with van der Waals surface area (Å²) in [5.41, 5.74) is 0.549. The van der Waals surface area contributed by atoms with Crippen LogP contribution < -0.4 is 5.32 Å². The molecule has 0 bridgehead atoms. The second-order valence-corrected chi connectivity index (χ2v) is 3.37. The van der Waals surface area contributed by atoms with Gasteiger partial charge in [-0.15, -0.1) is 0 Å². The number of benzene rings is 1. The summed E-state index contributed by atoms with van der Waals surface area (Å²) in [5.74, 6) is -1.77. The molecule has 0 heterocycles. The topological polar surface area (TPSA) is 86.6 Å². The van der Waals surface area contributed by atoms with Crippen molar-refractivity contribution in [3.63, 3.8) is 0 Å². The molecule has 1 amide bonds. The molecule has 1 aromatic rings. The zero-order chi connectivity index (χ0) is 12.1. The molecule has 86 valence electrons. The summed E-state index contributed by atoms with van der Waals surface area (Å²) in [6.45, 7) is 1.27. The SMILES string of the molecule is CC(=O)N[C@H](c1ccccc1)[C@H](O)C(=O)O. The number of carbonyl (C=O) groups is 2. The fourth-order valence-electron chi connectivity index (χ4n) is 1.37. The number of hydrogen-bond donors (Lipinski definition) is 3. The van der Waals surface area contributed by atoms with Crippen LogP contribution in [-0.2, 0) is 9.59 Å². The minimum absolute atomic E-state index is 0.394. The molecular weight excluding hydrogens is 210 g/mol. The Kier molecular flexibility index (Phi) is 4.02. The van der Waals surface area contributed by atoms with Gasteiger partial charge in [-0.1, -0.05) is 30.3 Å².